The van der Waals surface area contributed by atoms with Crippen LogP contribution in [-0.2, 0) is 14.2 Å². The third-order valence-electron chi connectivity index (χ3n) is 8.80. The van der Waals surface area contributed by atoms with E-state index in [1.54, 1.807) is 0 Å². The van der Waals surface area contributed by atoms with Crippen LogP contribution in [0.3, 0.4) is 0 Å². The van der Waals surface area contributed by atoms with Crippen molar-refractivity contribution < 1.29 is 24.4 Å². The quantitative estimate of drug-likeness (QED) is 0.345. The largest absolute Gasteiger partial charge is 0.387 e. The summed E-state index contributed by atoms with van der Waals surface area (Å²) in [4.78, 5) is 0. The first-order valence-corrected chi connectivity index (χ1v) is 13.9. The van der Waals surface area contributed by atoms with Crippen molar-refractivity contribution in [2.75, 3.05) is 0 Å². The summed E-state index contributed by atoms with van der Waals surface area (Å²) in [6.45, 7) is 16.5. The van der Waals surface area contributed by atoms with Crippen LogP contribution in [0.15, 0.2) is 23.3 Å². The average Bonchev–Trinajstić information content (AvgIpc) is 3.46. The van der Waals surface area contributed by atoms with Gasteiger partial charge in [-0.1, -0.05) is 23.3 Å². The van der Waals surface area contributed by atoms with Crippen LogP contribution < -0.4 is 0 Å². The SMILES string of the molecule is CC(C)=CCC[C@](C)(O)[C@H]1CC[C@@](C)([C@@H]2CC[C@@H]([C@]3(C)CC[C@H]([C@](C)(O)CCC=C(C)C)O3)O2)O1. The lowest BCUT2D eigenvalue weighted by molar-refractivity contribution is -0.199. The van der Waals surface area contributed by atoms with Gasteiger partial charge in [0.15, 0.2) is 0 Å². The summed E-state index contributed by atoms with van der Waals surface area (Å²) in [5.74, 6) is 0. The van der Waals surface area contributed by atoms with Crippen LogP contribution in [0.5, 0.6) is 0 Å². The fraction of sp³-hybridized carbons (Fsp3) is 0.867. The summed E-state index contributed by atoms with van der Waals surface area (Å²) in [7, 11) is 0. The second-order valence-corrected chi connectivity index (χ2v) is 13.0. The molecule has 0 aromatic rings. The van der Waals surface area contributed by atoms with E-state index in [0.717, 1.165) is 51.4 Å². The van der Waals surface area contributed by atoms with Gasteiger partial charge in [0.1, 0.15) is 0 Å². The molecule has 0 spiro atoms. The van der Waals surface area contributed by atoms with E-state index >= 15 is 0 Å². The Balaban J connectivity index is 1.56. The summed E-state index contributed by atoms with van der Waals surface area (Å²) < 4.78 is 19.8. The molecule has 0 saturated carbocycles. The Bertz CT molecular complexity index is 712. The lowest BCUT2D eigenvalue weighted by atomic mass is 9.88. The second kappa shape index (κ2) is 10.9. The number of hydrogen-bond donors (Lipinski definition) is 2. The molecular formula is C30H52O5. The standard InChI is InChI=1S/C30H52O5/c1-21(2)11-9-17-27(5,31)23-15-19-29(7,34-23)25-13-14-26(33-25)30(8)20-16-24(35-30)28(6,32)18-10-12-22(3)4/h11-12,23-26,31-32H,9-10,13-20H2,1-8H3/t23-,24-,25+,26+,27-,28+,29+,30+/m1/s1. The van der Waals surface area contributed by atoms with Crippen LogP contribution in [0, 0.1) is 0 Å². The van der Waals surface area contributed by atoms with Crippen LogP contribution in [0.1, 0.15) is 120 Å². The lowest BCUT2D eigenvalue weighted by Gasteiger charge is -2.38. The van der Waals surface area contributed by atoms with Crippen LogP contribution in [0.2, 0.25) is 0 Å². The smallest absolute Gasteiger partial charge is 0.0921 e. The Morgan fingerprint density at radius 2 is 1.11 bits per heavy atom. The van der Waals surface area contributed by atoms with Crippen LogP contribution in [0.4, 0.5) is 0 Å². The monoisotopic (exact) mass is 492 g/mol. The molecular weight excluding hydrogens is 440 g/mol. The molecule has 2 N–H and O–H groups in total. The van der Waals surface area contributed by atoms with Crippen molar-refractivity contribution in [2.45, 2.75) is 166 Å². The van der Waals surface area contributed by atoms with Crippen molar-refractivity contribution in [3.05, 3.63) is 23.3 Å². The third-order valence-corrected chi connectivity index (χ3v) is 8.80. The average molecular weight is 493 g/mol. The van der Waals surface area contributed by atoms with Gasteiger partial charge in [0.2, 0.25) is 0 Å². The number of allylic oxidation sites excluding steroid dienone is 4. The number of rotatable bonds is 10. The van der Waals surface area contributed by atoms with Crippen molar-refractivity contribution in [3.8, 4) is 0 Å². The third kappa shape index (κ3) is 6.98. The first-order valence-electron chi connectivity index (χ1n) is 13.9. The van der Waals surface area contributed by atoms with Gasteiger partial charge in [-0.25, -0.2) is 0 Å². The minimum absolute atomic E-state index is 0.00346. The van der Waals surface area contributed by atoms with Crippen molar-refractivity contribution >= 4 is 0 Å². The maximum absolute atomic E-state index is 11.1. The predicted octanol–water partition coefficient (Wildman–Crippen LogP) is 6.40. The van der Waals surface area contributed by atoms with Crippen molar-refractivity contribution in [1.82, 2.24) is 0 Å². The molecule has 3 heterocycles. The molecule has 0 radical (unpaired) electrons. The molecule has 0 amide bonds. The fourth-order valence-corrected chi connectivity index (χ4v) is 6.23. The van der Waals surface area contributed by atoms with E-state index in [0.29, 0.717) is 12.8 Å². The zero-order valence-electron chi connectivity index (χ0n) is 23.7. The first-order chi connectivity index (χ1) is 16.2. The second-order valence-electron chi connectivity index (χ2n) is 13.0. The molecule has 0 bridgehead atoms. The molecule has 0 aromatic carbocycles. The molecule has 5 nitrogen and oxygen atoms in total. The van der Waals surface area contributed by atoms with Crippen LogP contribution in [-0.4, -0.2) is 57.0 Å². The van der Waals surface area contributed by atoms with Gasteiger partial charge in [0, 0.05) is 0 Å². The molecule has 3 saturated heterocycles. The van der Waals surface area contributed by atoms with Crippen LogP contribution >= 0.6 is 0 Å². The molecule has 35 heavy (non-hydrogen) atoms. The highest BCUT2D eigenvalue weighted by Gasteiger charge is 2.55. The lowest BCUT2D eigenvalue weighted by Crippen LogP contribution is -2.47. The molecule has 3 rings (SSSR count). The summed E-state index contributed by atoms with van der Waals surface area (Å²) in [6, 6.07) is 0. The Hall–Kier alpha value is -0.720. The van der Waals surface area contributed by atoms with Gasteiger partial charge in [-0.15, -0.1) is 0 Å². The molecule has 3 aliphatic rings. The van der Waals surface area contributed by atoms with Gasteiger partial charge in [0.05, 0.1) is 46.8 Å². The summed E-state index contributed by atoms with van der Waals surface area (Å²) >= 11 is 0. The van der Waals surface area contributed by atoms with Gasteiger partial charge < -0.3 is 24.4 Å². The zero-order chi connectivity index (χ0) is 26.1. The van der Waals surface area contributed by atoms with Crippen molar-refractivity contribution in [2.24, 2.45) is 0 Å². The molecule has 3 fully saturated rings. The van der Waals surface area contributed by atoms with Gasteiger partial charge in [0.25, 0.3) is 0 Å². The summed E-state index contributed by atoms with van der Waals surface area (Å²) in [6.07, 6.45) is 12.5. The molecule has 0 aromatic heterocycles. The Kier molecular flexibility index (Phi) is 9.02. The zero-order valence-corrected chi connectivity index (χ0v) is 23.7. The van der Waals surface area contributed by atoms with E-state index in [4.69, 9.17) is 14.2 Å². The van der Waals surface area contributed by atoms with E-state index in [1.807, 2.05) is 13.8 Å². The Morgan fingerprint density at radius 1 is 0.743 bits per heavy atom. The highest BCUT2D eigenvalue weighted by molar-refractivity contribution is 5.05. The molecule has 0 aliphatic carbocycles. The van der Waals surface area contributed by atoms with Crippen molar-refractivity contribution in [3.63, 3.8) is 0 Å². The highest BCUT2D eigenvalue weighted by Crippen LogP contribution is 2.48. The molecule has 0 unspecified atom stereocenters. The highest BCUT2D eigenvalue weighted by atomic mass is 16.6. The number of aliphatic hydroxyl groups is 2. The van der Waals surface area contributed by atoms with E-state index in [2.05, 4.69) is 53.7 Å². The number of ether oxygens (including phenoxy) is 3. The van der Waals surface area contributed by atoms with Crippen molar-refractivity contribution in [1.29, 1.82) is 0 Å². The van der Waals surface area contributed by atoms with Gasteiger partial charge >= 0.3 is 0 Å². The van der Waals surface area contributed by atoms with E-state index < -0.39 is 11.2 Å². The van der Waals surface area contributed by atoms with Crippen LogP contribution in [0.25, 0.3) is 0 Å². The molecule has 3 aliphatic heterocycles. The van der Waals surface area contributed by atoms with Gasteiger partial charge in [-0.2, -0.15) is 0 Å². The molecule has 8 atom stereocenters. The van der Waals surface area contributed by atoms with Gasteiger partial charge in [-0.05, 0) is 120 Å². The molecule has 5 heteroatoms. The summed E-state index contributed by atoms with van der Waals surface area (Å²) in [5, 5.41) is 22.2. The van der Waals surface area contributed by atoms with E-state index in [9.17, 15) is 10.2 Å². The topological polar surface area (TPSA) is 68.2 Å². The predicted molar refractivity (Wildman–Crippen MR) is 141 cm³/mol. The minimum atomic E-state index is -0.841. The summed E-state index contributed by atoms with van der Waals surface area (Å²) in [5.41, 5.74) is 0.109. The van der Waals surface area contributed by atoms with E-state index in [-0.39, 0.29) is 35.6 Å². The maximum Gasteiger partial charge on any atom is 0.0921 e. The minimum Gasteiger partial charge on any atom is -0.387 e. The maximum atomic E-state index is 11.1. The normalized spacial score (nSPS) is 38.7. The number of hydrogen-bond acceptors (Lipinski definition) is 5. The Morgan fingerprint density at radius 3 is 1.46 bits per heavy atom. The molecule has 202 valence electrons. The Labute approximate surface area is 214 Å². The van der Waals surface area contributed by atoms with Gasteiger partial charge in [-0.3, -0.25) is 0 Å². The fourth-order valence-electron chi connectivity index (χ4n) is 6.23. The van der Waals surface area contributed by atoms with E-state index in [1.165, 1.54) is 11.1 Å². The first kappa shape index (κ1) is 28.8.